The second-order valence-electron chi connectivity index (χ2n) is 6.60. The molecule has 0 radical (unpaired) electrons. The Balaban J connectivity index is 0.00000156. The van der Waals surface area contributed by atoms with Gasteiger partial charge < -0.3 is 5.32 Å². The van der Waals surface area contributed by atoms with Gasteiger partial charge in [-0.1, -0.05) is 42.5 Å². The summed E-state index contributed by atoms with van der Waals surface area (Å²) < 4.78 is 0. The number of halogens is 1. The lowest BCUT2D eigenvalue weighted by molar-refractivity contribution is 0.0984. The summed E-state index contributed by atoms with van der Waals surface area (Å²) in [6.07, 6.45) is 1.32. The Morgan fingerprint density at radius 2 is 1.74 bits per heavy atom. The smallest absolute Gasteiger partial charge is 0.0240 e. The average Bonchev–Trinajstić information content (AvgIpc) is 3.10. The van der Waals surface area contributed by atoms with Gasteiger partial charge in [0.2, 0.25) is 0 Å². The SMILES string of the molecule is Cl.c1ccc2c(CN3CCN(C4CCNC4)CC3)cccc2c1. The Morgan fingerprint density at radius 3 is 2.52 bits per heavy atom. The standard InChI is InChI=1S/C19H25N3.ClH/c1-2-7-19-16(4-1)5-3-6-17(19)15-21-10-12-22(13-11-21)18-8-9-20-14-18;/h1-7,18,20H,8-15H2;1H. The van der Waals surface area contributed by atoms with Gasteiger partial charge >= 0.3 is 0 Å². The molecule has 2 aliphatic rings. The summed E-state index contributed by atoms with van der Waals surface area (Å²) in [5, 5.41) is 6.25. The van der Waals surface area contributed by atoms with E-state index in [-0.39, 0.29) is 12.4 Å². The van der Waals surface area contributed by atoms with Crippen LogP contribution in [0.3, 0.4) is 0 Å². The molecule has 2 heterocycles. The molecular weight excluding hydrogens is 306 g/mol. The van der Waals surface area contributed by atoms with Crippen molar-refractivity contribution in [3.8, 4) is 0 Å². The van der Waals surface area contributed by atoms with Gasteiger partial charge in [0.15, 0.2) is 0 Å². The number of nitrogens with zero attached hydrogens (tertiary/aromatic N) is 2. The van der Waals surface area contributed by atoms with E-state index in [1.54, 1.807) is 0 Å². The minimum absolute atomic E-state index is 0. The Bertz CT molecular complexity index is 626. The molecule has 3 nitrogen and oxygen atoms in total. The molecule has 124 valence electrons. The maximum atomic E-state index is 3.49. The van der Waals surface area contributed by atoms with Crippen LogP contribution in [0.15, 0.2) is 42.5 Å². The summed E-state index contributed by atoms with van der Waals surface area (Å²) >= 11 is 0. The number of rotatable bonds is 3. The minimum atomic E-state index is 0. The van der Waals surface area contributed by atoms with Crippen molar-refractivity contribution in [2.45, 2.75) is 19.0 Å². The van der Waals surface area contributed by atoms with Crippen LogP contribution in [0.25, 0.3) is 10.8 Å². The number of piperazine rings is 1. The zero-order valence-electron chi connectivity index (χ0n) is 13.6. The van der Waals surface area contributed by atoms with Crippen LogP contribution >= 0.6 is 12.4 Å². The van der Waals surface area contributed by atoms with Crippen molar-refractivity contribution in [2.75, 3.05) is 39.3 Å². The number of nitrogens with one attached hydrogen (secondary N) is 1. The monoisotopic (exact) mass is 331 g/mol. The third-order valence-corrected chi connectivity index (χ3v) is 5.23. The second kappa shape index (κ2) is 7.63. The lowest BCUT2D eigenvalue weighted by Crippen LogP contribution is -2.50. The Labute approximate surface area is 145 Å². The molecule has 1 N–H and O–H groups in total. The van der Waals surface area contributed by atoms with E-state index in [1.807, 2.05) is 0 Å². The molecule has 2 saturated heterocycles. The van der Waals surface area contributed by atoms with E-state index in [2.05, 4.69) is 57.6 Å². The van der Waals surface area contributed by atoms with Crippen LogP contribution < -0.4 is 5.32 Å². The summed E-state index contributed by atoms with van der Waals surface area (Å²) in [5.74, 6) is 0. The van der Waals surface area contributed by atoms with E-state index >= 15 is 0 Å². The number of hydrogen-bond acceptors (Lipinski definition) is 3. The molecule has 1 unspecified atom stereocenters. The number of benzene rings is 2. The van der Waals surface area contributed by atoms with Crippen LogP contribution in [0.4, 0.5) is 0 Å². The molecular formula is C19H26ClN3. The maximum Gasteiger partial charge on any atom is 0.0240 e. The summed E-state index contributed by atoms with van der Waals surface area (Å²) in [5.41, 5.74) is 1.47. The molecule has 2 fully saturated rings. The lowest BCUT2D eigenvalue weighted by atomic mass is 10.0. The van der Waals surface area contributed by atoms with Crippen LogP contribution in [0.5, 0.6) is 0 Å². The molecule has 0 spiro atoms. The molecule has 23 heavy (non-hydrogen) atoms. The summed E-state index contributed by atoms with van der Waals surface area (Å²) in [7, 11) is 0. The van der Waals surface area contributed by atoms with E-state index in [9.17, 15) is 0 Å². The van der Waals surface area contributed by atoms with Crippen molar-refractivity contribution in [1.82, 2.24) is 15.1 Å². The van der Waals surface area contributed by atoms with Crippen molar-refractivity contribution in [3.63, 3.8) is 0 Å². The molecule has 2 aromatic carbocycles. The molecule has 0 bridgehead atoms. The first-order valence-corrected chi connectivity index (χ1v) is 8.54. The third kappa shape index (κ3) is 3.69. The van der Waals surface area contributed by atoms with Crippen molar-refractivity contribution in [3.05, 3.63) is 48.0 Å². The van der Waals surface area contributed by atoms with Crippen LogP contribution in [0, 0.1) is 0 Å². The minimum Gasteiger partial charge on any atom is -0.315 e. The molecule has 0 amide bonds. The molecule has 2 aromatic rings. The maximum absolute atomic E-state index is 3.49. The van der Waals surface area contributed by atoms with Crippen LogP contribution in [-0.2, 0) is 6.54 Å². The molecule has 4 heteroatoms. The van der Waals surface area contributed by atoms with Crippen LogP contribution in [0.2, 0.25) is 0 Å². The van der Waals surface area contributed by atoms with E-state index < -0.39 is 0 Å². The first-order chi connectivity index (χ1) is 10.9. The molecule has 0 aromatic heterocycles. The molecule has 4 rings (SSSR count). The summed E-state index contributed by atoms with van der Waals surface area (Å²) in [4.78, 5) is 5.29. The number of hydrogen-bond donors (Lipinski definition) is 1. The fourth-order valence-electron chi connectivity index (χ4n) is 3.91. The van der Waals surface area contributed by atoms with Crippen LogP contribution in [-0.4, -0.2) is 55.1 Å². The van der Waals surface area contributed by atoms with E-state index in [0.29, 0.717) is 0 Å². The van der Waals surface area contributed by atoms with Gasteiger partial charge in [0.1, 0.15) is 0 Å². The molecule has 0 aliphatic carbocycles. The number of fused-ring (bicyclic) bond motifs is 1. The van der Waals surface area contributed by atoms with E-state index in [1.165, 1.54) is 62.0 Å². The molecule has 1 atom stereocenters. The average molecular weight is 332 g/mol. The summed E-state index contributed by atoms with van der Waals surface area (Å²) in [6.45, 7) is 8.29. The zero-order chi connectivity index (χ0) is 14.8. The second-order valence-corrected chi connectivity index (χ2v) is 6.60. The lowest BCUT2D eigenvalue weighted by Gasteiger charge is -2.38. The highest BCUT2D eigenvalue weighted by Crippen LogP contribution is 2.21. The first kappa shape index (κ1) is 16.7. The van der Waals surface area contributed by atoms with Gasteiger partial charge in [-0.2, -0.15) is 0 Å². The largest absolute Gasteiger partial charge is 0.315 e. The van der Waals surface area contributed by atoms with E-state index in [0.717, 1.165) is 12.6 Å². The Kier molecular flexibility index (Phi) is 5.54. The van der Waals surface area contributed by atoms with Gasteiger partial charge in [-0.15, -0.1) is 12.4 Å². The van der Waals surface area contributed by atoms with Gasteiger partial charge in [0, 0.05) is 45.3 Å². The highest BCUT2D eigenvalue weighted by Gasteiger charge is 2.25. The van der Waals surface area contributed by atoms with Gasteiger partial charge in [-0.25, -0.2) is 0 Å². The van der Waals surface area contributed by atoms with Crippen molar-refractivity contribution < 1.29 is 0 Å². The fraction of sp³-hybridized carbons (Fsp3) is 0.474. The fourth-order valence-corrected chi connectivity index (χ4v) is 3.91. The zero-order valence-corrected chi connectivity index (χ0v) is 14.4. The predicted molar refractivity (Wildman–Crippen MR) is 99.3 cm³/mol. The Hall–Kier alpha value is -1.13. The van der Waals surface area contributed by atoms with Crippen molar-refractivity contribution >= 4 is 23.2 Å². The quantitative estimate of drug-likeness (QED) is 0.933. The van der Waals surface area contributed by atoms with Crippen LogP contribution in [0.1, 0.15) is 12.0 Å². The van der Waals surface area contributed by atoms with E-state index in [4.69, 9.17) is 0 Å². The van der Waals surface area contributed by atoms with Gasteiger partial charge in [-0.3, -0.25) is 9.80 Å². The van der Waals surface area contributed by atoms with Gasteiger partial charge in [0.05, 0.1) is 0 Å². The predicted octanol–water partition coefficient (Wildman–Crippen LogP) is 2.74. The highest BCUT2D eigenvalue weighted by atomic mass is 35.5. The Morgan fingerprint density at radius 1 is 0.957 bits per heavy atom. The highest BCUT2D eigenvalue weighted by molar-refractivity contribution is 5.85. The first-order valence-electron chi connectivity index (χ1n) is 8.54. The topological polar surface area (TPSA) is 18.5 Å². The van der Waals surface area contributed by atoms with Gasteiger partial charge in [-0.05, 0) is 29.3 Å². The molecule has 2 aliphatic heterocycles. The molecule has 0 saturated carbocycles. The normalized spacial score (nSPS) is 23.0. The van der Waals surface area contributed by atoms with Crippen molar-refractivity contribution in [1.29, 1.82) is 0 Å². The summed E-state index contributed by atoms with van der Waals surface area (Å²) in [6, 6.07) is 16.2. The van der Waals surface area contributed by atoms with Crippen molar-refractivity contribution in [2.24, 2.45) is 0 Å². The third-order valence-electron chi connectivity index (χ3n) is 5.23. The van der Waals surface area contributed by atoms with Gasteiger partial charge in [0.25, 0.3) is 0 Å².